The van der Waals surface area contributed by atoms with E-state index in [1.807, 2.05) is 4.90 Å². The van der Waals surface area contributed by atoms with Crippen LogP contribution in [0.15, 0.2) is 36.2 Å². The van der Waals surface area contributed by atoms with Gasteiger partial charge in [-0.2, -0.15) is 0 Å². The highest BCUT2D eigenvalue weighted by atomic mass is 32.1. The number of aryl methyl sites for hydroxylation is 1. The highest BCUT2D eigenvalue weighted by molar-refractivity contribution is 7.18. The number of aromatic amines is 1. The van der Waals surface area contributed by atoms with Crippen LogP contribution in [0, 0.1) is 6.92 Å². The smallest absolute Gasteiger partial charge is 0.266 e. The van der Waals surface area contributed by atoms with Crippen molar-refractivity contribution in [1.82, 2.24) is 24.8 Å². The Morgan fingerprint density at radius 3 is 3.15 bits per heavy atom. The van der Waals surface area contributed by atoms with Gasteiger partial charge in [-0.25, -0.2) is 9.97 Å². The molecule has 0 spiro atoms. The number of benzene rings is 1. The lowest BCUT2D eigenvalue weighted by molar-refractivity contribution is 0.0695. The van der Waals surface area contributed by atoms with Crippen LogP contribution < -0.4 is 0 Å². The quantitative estimate of drug-likeness (QED) is 0.576. The van der Waals surface area contributed by atoms with Crippen molar-refractivity contribution in [2.45, 2.75) is 19.4 Å². The highest BCUT2D eigenvalue weighted by Crippen LogP contribution is 2.38. The minimum Gasteiger partial charge on any atom is -0.348 e. The Morgan fingerprint density at radius 2 is 2.31 bits per heavy atom. The maximum Gasteiger partial charge on any atom is 0.266 e. The van der Waals surface area contributed by atoms with Crippen LogP contribution in [0.1, 0.15) is 37.7 Å². The summed E-state index contributed by atoms with van der Waals surface area (Å²) in [6.45, 7) is 2.69. The molecule has 6 nitrogen and oxygen atoms in total. The van der Waals surface area contributed by atoms with Crippen LogP contribution in [0.2, 0.25) is 0 Å². The van der Waals surface area contributed by atoms with E-state index in [9.17, 15) is 4.79 Å². The van der Waals surface area contributed by atoms with Gasteiger partial charge in [-0.3, -0.25) is 9.78 Å². The molecule has 0 saturated carbocycles. The van der Waals surface area contributed by atoms with Crippen LogP contribution in [-0.2, 0) is 6.42 Å². The zero-order valence-corrected chi connectivity index (χ0v) is 15.6. The lowest BCUT2D eigenvalue weighted by Gasteiger charge is -2.33. The number of nitrogens with one attached hydrogen (secondary N) is 1. The lowest BCUT2D eigenvalue weighted by Crippen LogP contribution is -2.40. The monoisotopic (exact) mass is 381 g/mol. The normalized spacial score (nSPS) is 16.8. The SMILES string of the molecule is Cc1ccc2sc([C@@H]3c4nc[nH]c4CCN3C(=O)c3cncs3)nc2c1. The molecule has 1 amide bonds. The predicted molar refractivity (Wildman–Crippen MR) is 102 cm³/mol. The van der Waals surface area contributed by atoms with Crippen molar-refractivity contribution in [2.75, 3.05) is 6.54 Å². The summed E-state index contributed by atoms with van der Waals surface area (Å²) in [6.07, 6.45) is 4.10. The van der Waals surface area contributed by atoms with Crippen LogP contribution in [-0.4, -0.2) is 37.3 Å². The highest BCUT2D eigenvalue weighted by Gasteiger charge is 2.37. The molecule has 4 heterocycles. The molecule has 0 radical (unpaired) electrons. The van der Waals surface area contributed by atoms with Gasteiger partial charge in [-0.05, 0) is 24.6 Å². The number of amides is 1. The van der Waals surface area contributed by atoms with Crippen molar-refractivity contribution in [3.8, 4) is 0 Å². The largest absolute Gasteiger partial charge is 0.348 e. The summed E-state index contributed by atoms with van der Waals surface area (Å²) in [5.74, 6) is -0.0124. The first kappa shape index (κ1) is 15.7. The van der Waals surface area contributed by atoms with Crippen molar-refractivity contribution in [2.24, 2.45) is 0 Å². The van der Waals surface area contributed by atoms with Gasteiger partial charge in [-0.15, -0.1) is 22.7 Å². The molecule has 0 saturated heterocycles. The molecule has 26 heavy (non-hydrogen) atoms. The zero-order valence-electron chi connectivity index (χ0n) is 14.0. The Balaban J connectivity index is 1.64. The van der Waals surface area contributed by atoms with E-state index < -0.39 is 0 Å². The number of thiazole rings is 2. The predicted octanol–water partition coefficient (Wildman–Crippen LogP) is 3.57. The first-order valence-corrected chi connectivity index (χ1v) is 9.99. The lowest BCUT2D eigenvalue weighted by atomic mass is 10.0. The number of imidazole rings is 1. The zero-order chi connectivity index (χ0) is 17.7. The number of carbonyl (C=O) groups excluding carboxylic acids is 1. The van der Waals surface area contributed by atoms with E-state index in [-0.39, 0.29) is 11.9 Å². The summed E-state index contributed by atoms with van der Waals surface area (Å²) < 4.78 is 1.12. The van der Waals surface area contributed by atoms with E-state index in [1.165, 1.54) is 16.9 Å². The Bertz CT molecular complexity index is 1100. The third-order valence-corrected chi connectivity index (χ3v) is 6.47. The fourth-order valence-electron chi connectivity index (χ4n) is 3.38. The first-order valence-electron chi connectivity index (χ1n) is 8.29. The molecule has 0 unspecified atom stereocenters. The van der Waals surface area contributed by atoms with Crippen LogP contribution >= 0.6 is 22.7 Å². The number of aromatic nitrogens is 4. The summed E-state index contributed by atoms with van der Waals surface area (Å²) in [7, 11) is 0. The van der Waals surface area contributed by atoms with E-state index in [0.717, 1.165) is 33.0 Å². The second kappa shape index (κ2) is 6.00. The first-order chi connectivity index (χ1) is 12.7. The molecule has 130 valence electrons. The molecule has 0 fully saturated rings. The summed E-state index contributed by atoms with van der Waals surface area (Å²) in [5, 5.41) is 0.900. The van der Waals surface area contributed by atoms with Crippen molar-refractivity contribution in [3.05, 3.63) is 63.1 Å². The Hall–Kier alpha value is -2.58. The van der Waals surface area contributed by atoms with Gasteiger partial charge in [0.25, 0.3) is 5.91 Å². The van der Waals surface area contributed by atoms with Crippen molar-refractivity contribution in [3.63, 3.8) is 0 Å². The summed E-state index contributed by atoms with van der Waals surface area (Å²) in [6, 6.07) is 6.00. The molecule has 0 bridgehead atoms. The third kappa shape index (κ3) is 2.45. The van der Waals surface area contributed by atoms with E-state index in [1.54, 1.807) is 29.4 Å². The number of fused-ring (bicyclic) bond motifs is 2. The second-order valence-corrected chi connectivity index (χ2v) is 8.25. The molecule has 8 heteroatoms. The summed E-state index contributed by atoms with van der Waals surface area (Å²) in [4.78, 5) is 32.2. The number of rotatable bonds is 2. The molecular weight excluding hydrogens is 366 g/mol. The van der Waals surface area contributed by atoms with Crippen LogP contribution in [0.3, 0.4) is 0 Å². The van der Waals surface area contributed by atoms with E-state index >= 15 is 0 Å². The third-order valence-electron chi connectivity index (χ3n) is 4.62. The molecule has 1 aromatic carbocycles. The number of nitrogens with zero attached hydrogens (tertiary/aromatic N) is 4. The van der Waals surface area contributed by atoms with Crippen molar-refractivity contribution in [1.29, 1.82) is 0 Å². The molecular formula is C18H15N5OS2. The van der Waals surface area contributed by atoms with Gasteiger partial charge in [0.15, 0.2) is 0 Å². The summed E-state index contributed by atoms with van der Waals surface area (Å²) in [5.41, 5.74) is 5.81. The van der Waals surface area contributed by atoms with Gasteiger partial charge in [0, 0.05) is 18.7 Å². The standard InChI is InChI=1S/C18H15N5OS2/c1-10-2-3-13-12(6-10)22-17(26-13)16-15-11(20-8-21-15)4-5-23(16)18(24)14-7-19-9-25-14/h2-3,6-9,16H,4-5H2,1H3,(H,20,21)/t16-/m0/s1. The topological polar surface area (TPSA) is 74.8 Å². The fourth-order valence-corrected chi connectivity index (χ4v) is 5.02. The van der Waals surface area contributed by atoms with E-state index in [4.69, 9.17) is 4.98 Å². The van der Waals surface area contributed by atoms with Gasteiger partial charge in [0.2, 0.25) is 0 Å². The van der Waals surface area contributed by atoms with Crippen LogP contribution in [0.4, 0.5) is 0 Å². The van der Waals surface area contributed by atoms with Crippen molar-refractivity contribution < 1.29 is 4.79 Å². The molecule has 1 atom stereocenters. The van der Waals surface area contributed by atoms with Gasteiger partial charge < -0.3 is 9.88 Å². The molecule has 1 aliphatic heterocycles. The Kier molecular flexibility index (Phi) is 3.61. The molecule has 1 N–H and O–H groups in total. The minimum atomic E-state index is -0.266. The van der Waals surface area contributed by atoms with Gasteiger partial charge in [-0.1, -0.05) is 6.07 Å². The molecule has 5 rings (SSSR count). The number of H-pyrrole nitrogens is 1. The summed E-state index contributed by atoms with van der Waals surface area (Å²) >= 11 is 2.99. The number of hydrogen-bond donors (Lipinski definition) is 1. The average Bonchev–Trinajstić information content (AvgIpc) is 3.38. The minimum absolute atomic E-state index is 0.0124. The van der Waals surface area contributed by atoms with Crippen molar-refractivity contribution >= 4 is 38.8 Å². The maximum atomic E-state index is 13.1. The Labute approximate surface area is 157 Å². The molecule has 1 aliphatic rings. The molecule has 3 aromatic heterocycles. The molecule has 0 aliphatic carbocycles. The number of carbonyl (C=O) groups is 1. The van der Waals surface area contributed by atoms with Gasteiger partial charge in [0.05, 0.1) is 33.9 Å². The van der Waals surface area contributed by atoms with Crippen LogP contribution in [0.5, 0.6) is 0 Å². The second-order valence-electron chi connectivity index (χ2n) is 6.31. The molecule has 4 aromatic rings. The Morgan fingerprint density at radius 1 is 1.38 bits per heavy atom. The fraction of sp³-hybridized carbons (Fsp3) is 0.222. The van der Waals surface area contributed by atoms with E-state index in [0.29, 0.717) is 11.4 Å². The maximum absolute atomic E-state index is 13.1. The van der Waals surface area contributed by atoms with Gasteiger partial charge in [0.1, 0.15) is 15.9 Å². The van der Waals surface area contributed by atoms with Gasteiger partial charge >= 0.3 is 0 Å². The van der Waals surface area contributed by atoms with Crippen LogP contribution in [0.25, 0.3) is 10.2 Å². The van der Waals surface area contributed by atoms with E-state index in [2.05, 4.69) is 40.1 Å². The number of hydrogen-bond acceptors (Lipinski definition) is 6. The average molecular weight is 381 g/mol.